The van der Waals surface area contributed by atoms with Crippen LogP contribution in [0.5, 0.6) is 0 Å². The van der Waals surface area contributed by atoms with E-state index in [4.69, 9.17) is 9.47 Å². The minimum Gasteiger partial charge on any atom is -0.465 e. The first kappa shape index (κ1) is 25.1. The van der Waals surface area contributed by atoms with Gasteiger partial charge in [0.05, 0.1) is 12.6 Å². The van der Waals surface area contributed by atoms with Crippen LogP contribution in [-0.4, -0.2) is 36.1 Å². The fourth-order valence-electron chi connectivity index (χ4n) is 2.62. The lowest BCUT2D eigenvalue weighted by Crippen LogP contribution is -2.48. The molecule has 1 amide bonds. The molecule has 0 aromatic heterocycles. The van der Waals surface area contributed by atoms with Gasteiger partial charge in [0.2, 0.25) is 0 Å². The fourth-order valence-corrected chi connectivity index (χ4v) is 2.62. The maximum Gasteiger partial charge on any atom is 0.407 e. The van der Waals surface area contributed by atoms with Crippen LogP contribution in [0.2, 0.25) is 0 Å². The molecule has 0 heterocycles. The maximum atomic E-state index is 12.8. The summed E-state index contributed by atoms with van der Waals surface area (Å²) in [5.41, 5.74) is 0.455. The molecular formula is C21H37NO5. The van der Waals surface area contributed by atoms with Crippen molar-refractivity contribution in [2.75, 3.05) is 6.61 Å². The smallest absolute Gasteiger partial charge is 0.407 e. The molecule has 6 heteroatoms. The number of ether oxygens (including phenoxy) is 2. The van der Waals surface area contributed by atoms with Gasteiger partial charge < -0.3 is 14.8 Å². The lowest BCUT2D eigenvalue weighted by atomic mass is 9.89. The largest absolute Gasteiger partial charge is 0.465 e. The van der Waals surface area contributed by atoms with Crippen molar-refractivity contribution in [3.63, 3.8) is 0 Å². The highest BCUT2D eigenvalue weighted by molar-refractivity contribution is 6.00. The van der Waals surface area contributed by atoms with Gasteiger partial charge in [-0.3, -0.25) is 9.59 Å². The molecule has 0 radical (unpaired) electrons. The lowest BCUT2D eigenvalue weighted by molar-refractivity contribution is -0.152. The summed E-state index contributed by atoms with van der Waals surface area (Å²) in [5, 5.41) is 2.73. The van der Waals surface area contributed by atoms with E-state index >= 15 is 0 Å². The molecule has 0 aromatic rings. The van der Waals surface area contributed by atoms with Crippen molar-refractivity contribution >= 4 is 17.8 Å². The van der Waals surface area contributed by atoms with Crippen LogP contribution in [0.25, 0.3) is 0 Å². The van der Waals surface area contributed by atoms with Crippen molar-refractivity contribution in [2.24, 2.45) is 5.92 Å². The molecular weight excluding hydrogens is 346 g/mol. The van der Waals surface area contributed by atoms with E-state index in [-0.39, 0.29) is 18.8 Å². The lowest BCUT2D eigenvalue weighted by Gasteiger charge is -2.27. The number of unbranched alkanes of at least 4 members (excludes halogenated alkanes) is 1. The van der Waals surface area contributed by atoms with Crippen molar-refractivity contribution < 1.29 is 23.9 Å². The van der Waals surface area contributed by atoms with Gasteiger partial charge in [-0.05, 0) is 54.4 Å². The fraction of sp³-hybridized carbons (Fsp3) is 0.762. The van der Waals surface area contributed by atoms with Crippen molar-refractivity contribution in [3.05, 3.63) is 11.6 Å². The highest BCUT2D eigenvalue weighted by Crippen LogP contribution is 2.19. The number of esters is 1. The zero-order valence-electron chi connectivity index (χ0n) is 18.0. The van der Waals surface area contributed by atoms with Crippen LogP contribution in [-0.2, 0) is 19.1 Å². The van der Waals surface area contributed by atoms with Crippen LogP contribution in [0, 0.1) is 5.92 Å². The van der Waals surface area contributed by atoms with Gasteiger partial charge in [-0.15, -0.1) is 0 Å². The number of hydrogen-bond acceptors (Lipinski definition) is 5. The Hall–Kier alpha value is -1.85. The molecule has 1 unspecified atom stereocenters. The Morgan fingerprint density at radius 1 is 1.11 bits per heavy atom. The molecule has 0 aliphatic heterocycles. The van der Waals surface area contributed by atoms with E-state index in [0.717, 1.165) is 18.4 Å². The molecule has 156 valence electrons. The van der Waals surface area contributed by atoms with Gasteiger partial charge in [-0.1, -0.05) is 31.4 Å². The monoisotopic (exact) mass is 383 g/mol. The summed E-state index contributed by atoms with van der Waals surface area (Å²) >= 11 is 0. The molecule has 1 N–H and O–H groups in total. The van der Waals surface area contributed by atoms with Gasteiger partial charge in [0.15, 0.2) is 0 Å². The number of nitrogens with one attached hydrogen (secondary N) is 1. The molecule has 0 rings (SSSR count). The van der Waals surface area contributed by atoms with Crippen molar-refractivity contribution in [2.45, 2.75) is 92.2 Å². The SMILES string of the molecule is CCCC[C@@H](NC(=O)OC(C)(C)C)C(C(=O)CCC=C(C)C)C(=O)OCC. The van der Waals surface area contributed by atoms with Crippen LogP contribution in [0.3, 0.4) is 0 Å². The Bertz CT molecular complexity index is 515. The number of hydrogen-bond donors (Lipinski definition) is 1. The summed E-state index contributed by atoms with van der Waals surface area (Å²) in [7, 11) is 0. The number of alkyl carbamates (subject to hydrolysis) is 1. The number of amides is 1. The minimum atomic E-state index is -1.02. The highest BCUT2D eigenvalue weighted by Gasteiger charge is 2.36. The molecule has 0 fully saturated rings. The summed E-state index contributed by atoms with van der Waals surface area (Å²) < 4.78 is 10.4. The molecule has 0 aliphatic rings. The normalized spacial score (nSPS) is 13.3. The van der Waals surface area contributed by atoms with Crippen LogP contribution in [0.4, 0.5) is 4.79 Å². The van der Waals surface area contributed by atoms with E-state index in [1.165, 1.54) is 0 Å². The second kappa shape index (κ2) is 12.5. The van der Waals surface area contributed by atoms with Crippen molar-refractivity contribution in [1.82, 2.24) is 5.32 Å². The molecule has 0 aliphatic carbocycles. The Balaban J connectivity index is 5.42. The van der Waals surface area contributed by atoms with Gasteiger partial charge in [-0.25, -0.2) is 4.79 Å². The zero-order valence-corrected chi connectivity index (χ0v) is 18.0. The van der Waals surface area contributed by atoms with E-state index in [9.17, 15) is 14.4 Å². The van der Waals surface area contributed by atoms with Crippen molar-refractivity contribution in [3.8, 4) is 0 Å². The number of allylic oxidation sites excluding steroid dienone is 2. The second-order valence-corrected chi connectivity index (χ2v) is 7.91. The topological polar surface area (TPSA) is 81.7 Å². The molecule has 6 nitrogen and oxygen atoms in total. The Labute approximate surface area is 164 Å². The average Bonchev–Trinajstić information content (AvgIpc) is 2.50. The predicted molar refractivity (Wildman–Crippen MR) is 106 cm³/mol. The Morgan fingerprint density at radius 2 is 1.74 bits per heavy atom. The minimum absolute atomic E-state index is 0.184. The molecule has 27 heavy (non-hydrogen) atoms. The number of carbonyl (C=O) groups excluding carboxylic acids is 3. The van der Waals surface area contributed by atoms with E-state index in [0.29, 0.717) is 12.8 Å². The Kier molecular flexibility index (Phi) is 11.7. The second-order valence-electron chi connectivity index (χ2n) is 7.91. The molecule has 0 saturated heterocycles. The zero-order chi connectivity index (χ0) is 21.0. The number of Topliss-reactive ketones (excluding diaryl/α,β-unsaturated/α-hetero) is 1. The first-order valence-corrected chi connectivity index (χ1v) is 9.84. The van der Waals surface area contributed by atoms with Gasteiger partial charge in [0.1, 0.15) is 17.3 Å². The summed E-state index contributed by atoms with van der Waals surface area (Å²) in [6.45, 7) is 13.1. The first-order chi connectivity index (χ1) is 12.5. The van der Waals surface area contributed by atoms with E-state index < -0.39 is 29.6 Å². The van der Waals surface area contributed by atoms with Gasteiger partial charge in [0, 0.05) is 6.42 Å². The Morgan fingerprint density at radius 3 is 2.22 bits per heavy atom. The molecule has 0 bridgehead atoms. The van der Waals surface area contributed by atoms with Crippen LogP contribution in [0.1, 0.15) is 80.6 Å². The van der Waals surface area contributed by atoms with Gasteiger partial charge in [0.25, 0.3) is 0 Å². The predicted octanol–water partition coefficient (Wildman–Crippen LogP) is 4.56. The summed E-state index contributed by atoms with van der Waals surface area (Å²) in [4.78, 5) is 37.5. The van der Waals surface area contributed by atoms with Crippen LogP contribution >= 0.6 is 0 Å². The van der Waals surface area contributed by atoms with Gasteiger partial charge >= 0.3 is 12.1 Å². The third-order valence-electron chi connectivity index (χ3n) is 3.80. The summed E-state index contributed by atoms with van der Waals surface area (Å²) in [6.07, 6.45) is 4.29. The summed E-state index contributed by atoms with van der Waals surface area (Å²) in [6, 6.07) is -0.641. The van der Waals surface area contributed by atoms with Crippen molar-refractivity contribution in [1.29, 1.82) is 0 Å². The third kappa shape index (κ3) is 11.5. The molecule has 0 aromatic carbocycles. The molecule has 0 spiro atoms. The van der Waals surface area contributed by atoms with E-state index in [1.54, 1.807) is 27.7 Å². The van der Waals surface area contributed by atoms with E-state index in [1.807, 2.05) is 26.8 Å². The van der Waals surface area contributed by atoms with Gasteiger partial charge in [-0.2, -0.15) is 0 Å². The van der Waals surface area contributed by atoms with Crippen LogP contribution < -0.4 is 5.32 Å². The van der Waals surface area contributed by atoms with E-state index in [2.05, 4.69) is 5.32 Å². The first-order valence-electron chi connectivity index (χ1n) is 9.84. The number of ketones is 1. The summed E-state index contributed by atoms with van der Waals surface area (Å²) in [5.74, 6) is -1.82. The van der Waals surface area contributed by atoms with Crippen LogP contribution in [0.15, 0.2) is 11.6 Å². The number of rotatable bonds is 11. The molecule has 2 atom stereocenters. The highest BCUT2D eigenvalue weighted by atomic mass is 16.6. The standard InChI is InChI=1S/C21H37NO5/c1-8-10-13-16(22-20(25)27-21(5,6)7)18(19(24)26-9-2)17(23)14-11-12-15(3)4/h12,16,18H,8-11,13-14H2,1-7H3,(H,22,25)/t16-,18?/m1/s1. The maximum absolute atomic E-state index is 12.8. The quantitative estimate of drug-likeness (QED) is 0.321. The number of carbonyl (C=O) groups is 3. The average molecular weight is 384 g/mol. The third-order valence-corrected chi connectivity index (χ3v) is 3.80. The molecule has 0 saturated carbocycles.